The lowest BCUT2D eigenvalue weighted by Gasteiger charge is -2.15. The highest BCUT2D eigenvalue weighted by Gasteiger charge is 2.06. The van der Waals surface area contributed by atoms with E-state index in [4.69, 9.17) is 12.2 Å². The molecular formula is C18H17N3S. The molecule has 0 aliphatic heterocycles. The number of benzene rings is 2. The molecule has 0 aliphatic rings. The van der Waals surface area contributed by atoms with Gasteiger partial charge in [0.2, 0.25) is 0 Å². The normalized spacial score (nSPS) is 10.5. The molecule has 2 N–H and O–H groups in total. The SMILES string of the molecule is Cc1cccc(C)c1NC(=S)Nc1cccc2cnccc12. The maximum atomic E-state index is 5.46. The van der Waals surface area contributed by atoms with E-state index in [1.165, 1.54) is 11.1 Å². The van der Waals surface area contributed by atoms with Gasteiger partial charge in [0.25, 0.3) is 0 Å². The van der Waals surface area contributed by atoms with Crippen LogP contribution in [0.4, 0.5) is 11.4 Å². The number of para-hydroxylation sites is 1. The predicted molar refractivity (Wildman–Crippen MR) is 97.5 cm³/mol. The highest BCUT2D eigenvalue weighted by molar-refractivity contribution is 7.80. The van der Waals surface area contributed by atoms with Crippen LogP contribution in [0.2, 0.25) is 0 Å². The van der Waals surface area contributed by atoms with Crippen LogP contribution < -0.4 is 10.6 Å². The fourth-order valence-corrected chi connectivity index (χ4v) is 2.72. The number of anilines is 2. The number of nitrogens with one attached hydrogen (secondary N) is 2. The summed E-state index contributed by atoms with van der Waals surface area (Å²) >= 11 is 5.46. The summed E-state index contributed by atoms with van der Waals surface area (Å²) in [5.41, 5.74) is 4.38. The minimum absolute atomic E-state index is 0.585. The summed E-state index contributed by atoms with van der Waals surface area (Å²) in [6.07, 6.45) is 3.64. The fourth-order valence-electron chi connectivity index (χ4n) is 2.51. The van der Waals surface area contributed by atoms with Gasteiger partial charge in [-0.3, -0.25) is 4.98 Å². The smallest absolute Gasteiger partial charge is 0.175 e. The molecule has 0 atom stereocenters. The molecule has 22 heavy (non-hydrogen) atoms. The second-order valence-electron chi connectivity index (χ2n) is 5.25. The molecule has 110 valence electrons. The topological polar surface area (TPSA) is 37.0 Å². The molecule has 3 nitrogen and oxygen atoms in total. The van der Waals surface area contributed by atoms with E-state index in [1.54, 1.807) is 6.20 Å². The number of hydrogen-bond acceptors (Lipinski definition) is 2. The Morgan fingerprint density at radius 1 is 0.955 bits per heavy atom. The molecule has 0 radical (unpaired) electrons. The number of nitrogens with zero attached hydrogens (tertiary/aromatic N) is 1. The first-order chi connectivity index (χ1) is 10.6. The number of pyridine rings is 1. The monoisotopic (exact) mass is 307 g/mol. The molecule has 0 aliphatic carbocycles. The van der Waals surface area contributed by atoms with Crippen molar-refractivity contribution >= 4 is 39.5 Å². The van der Waals surface area contributed by atoms with Crippen molar-refractivity contribution in [3.8, 4) is 0 Å². The quantitative estimate of drug-likeness (QED) is 0.675. The van der Waals surface area contributed by atoms with Gasteiger partial charge in [0, 0.05) is 34.5 Å². The second kappa shape index (κ2) is 6.12. The molecule has 0 bridgehead atoms. The molecule has 0 spiro atoms. The molecule has 2 aromatic carbocycles. The van der Waals surface area contributed by atoms with Gasteiger partial charge >= 0.3 is 0 Å². The molecule has 4 heteroatoms. The lowest BCUT2D eigenvalue weighted by atomic mass is 10.1. The van der Waals surface area contributed by atoms with Crippen LogP contribution in [0.5, 0.6) is 0 Å². The van der Waals surface area contributed by atoms with E-state index < -0.39 is 0 Å². The van der Waals surface area contributed by atoms with E-state index in [2.05, 4.69) is 41.6 Å². The minimum Gasteiger partial charge on any atom is -0.332 e. The highest BCUT2D eigenvalue weighted by Crippen LogP contribution is 2.23. The Labute approximate surface area is 135 Å². The Morgan fingerprint density at radius 2 is 1.68 bits per heavy atom. The lowest BCUT2D eigenvalue weighted by Crippen LogP contribution is -2.20. The van der Waals surface area contributed by atoms with E-state index >= 15 is 0 Å². The zero-order valence-electron chi connectivity index (χ0n) is 12.6. The molecule has 1 heterocycles. The van der Waals surface area contributed by atoms with Crippen LogP contribution in [0.25, 0.3) is 10.8 Å². The van der Waals surface area contributed by atoms with Gasteiger partial charge in [-0.15, -0.1) is 0 Å². The Hall–Kier alpha value is -2.46. The Kier molecular flexibility index (Phi) is 4.02. The van der Waals surface area contributed by atoms with E-state index in [-0.39, 0.29) is 0 Å². The van der Waals surface area contributed by atoms with Crippen LogP contribution in [-0.2, 0) is 0 Å². The summed E-state index contributed by atoms with van der Waals surface area (Å²) in [4.78, 5) is 4.15. The van der Waals surface area contributed by atoms with E-state index in [1.807, 2.05) is 36.5 Å². The third-order valence-corrected chi connectivity index (χ3v) is 3.85. The predicted octanol–water partition coefficient (Wildman–Crippen LogP) is 4.66. The van der Waals surface area contributed by atoms with E-state index in [0.29, 0.717) is 5.11 Å². The summed E-state index contributed by atoms with van der Waals surface area (Å²) in [6, 6.07) is 14.2. The largest absolute Gasteiger partial charge is 0.332 e. The third-order valence-electron chi connectivity index (χ3n) is 3.65. The molecule has 3 aromatic rings. The number of thiocarbonyl (C=S) groups is 1. The van der Waals surface area contributed by atoms with Crippen molar-refractivity contribution in [1.29, 1.82) is 0 Å². The van der Waals surface area contributed by atoms with Crippen molar-refractivity contribution in [2.24, 2.45) is 0 Å². The summed E-state index contributed by atoms with van der Waals surface area (Å²) < 4.78 is 0. The average Bonchev–Trinajstić information content (AvgIpc) is 2.51. The van der Waals surface area contributed by atoms with Crippen molar-refractivity contribution in [3.05, 3.63) is 66.0 Å². The zero-order valence-corrected chi connectivity index (χ0v) is 13.4. The van der Waals surface area contributed by atoms with E-state index in [0.717, 1.165) is 22.1 Å². The van der Waals surface area contributed by atoms with Crippen molar-refractivity contribution in [1.82, 2.24) is 4.98 Å². The first-order valence-electron chi connectivity index (χ1n) is 7.12. The van der Waals surface area contributed by atoms with Gasteiger partial charge in [0.1, 0.15) is 0 Å². The van der Waals surface area contributed by atoms with Crippen LogP contribution in [0.15, 0.2) is 54.9 Å². The minimum atomic E-state index is 0.585. The molecule has 0 amide bonds. The van der Waals surface area contributed by atoms with Crippen LogP contribution in [0, 0.1) is 13.8 Å². The summed E-state index contributed by atoms with van der Waals surface area (Å²) in [5.74, 6) is 0. The number of fused-ring (bicyclic) bond motifs is 1. The van der Waals surface area contributed by atoms with Crippen LogP contribution in [0.3, 0.4) is 0 Å². The standard InChI is InChI=1S/C18H17N3S/c1-12-5-3-6-13(2)17(12)21-18(22)20-16-8-4-7-14-11-19-10-9-15(14)16/h3-11H,1-2H3,(H2,20,21,22). The Balaban J connectivity index is 1.85. The summed E-state index contributed by atoms with van der Waals surface area (Å²) in [6.45, 7) is 4.14. The molecule has 1 aromatic heterocycles. The second-order valence-corrected chi connectivity index (χ2v) is 5.66. The maximum absolute atomic E-state index is 5.46. The first kappa shape index (κ1) is 14.5. The number of rotatable bonds is 2. The maximum Gasteiger partial charge on any atom is 0.175 e. The number of aromatic nitrogens is 1. The fraction of sp³-hybridized carbons (Fsp3) is 0.111. The summed E-state index contributed by atoms with van der Waals surface area (Å²) in [5, 5.41) is 9.35. The lowest BCUT2D eigenvalue weighted by molar-refractivity contribution is 1.36. The molecular weight excluding hydrogens is 290 g/mol. The van der Waals surface area contributed by atoms with Crippen LogP contribution in [-0.4, -0.2) is 10.1 Å². The highest BCUT2D eigenvalue weighted by atomic mass is 32.1. The van der Waals surface area contributed by atoms with Gasteiger partial charge in [-0.25, -0.2) is 0 Å². The Bertz CT molecular complexity index is 817. The van der Waals surface area contributed by atoms with Crippen molar-refractivity contribution in [3.63, 3.8) is 0 Å². The van der Waals surface area contributed by atoms with Crippen LogP contribution in [0.1, 0.15) is 11.1 Å². The van der Waals surface area contributed by atoms with Gasteiger partial charge in [-0.05, 0) is 49.3 Å². The molecule has 0 saturated carbocycles. The molecule has 0 fully saturated rings. The number of aryl methyl sites for hydroxylation is 2. The summed E-state index contributed by atoms with van der Waals surface area (Å²) in [7, 11) is 0. The molecule has 0 unspecified atom stereocenters. The third kappa shape index (κ3) is 2.92. The molecule has 3 rings (SSSR count). The van der Waals surface area contributed by atoms with Gasteiger partial charge in [0.15, 0.2) is 5.11 Å². The van der Waals surface area contributed by atoms with Crippen molar-refractivity contribution in [2.75, 3.05) is 10.6 Å². The Morgan fingerprint density at radius 3 is 2.45 bits per heavy atom. The number of hydrogen-bond donors (Lipinski definition) is 2. The van der Waals surface area contributed by atoms with Gasteiger partial charge < -0.3 is 10.6 Å². The van der Waals surface area contributed by atoms with Crippen molar-refractivity contribution in [2.45, 2.75) is 13.8 Å². The van der Waals surface area contributed by atoms with Gasteiger partial charge in [-0.2, -0.15) is 0 Å². The van der Waals surface area contributed by atoms with E-state index in [9.17, 15) is 0 Å². The average molecular weight is 307 g/mol. The first-order valence-corrected chi connectivity index (χ1v) is 7.53. The van der Waals surface area contributed by atoms with Crippen molar-refractivity contribution < 1.29 is 0 Å². The van der Waals surface area contributed by atoms with Gasteiger partial charge in [-0.1, -0.05) is 30.3 Å². The molecule has 0 saturated heterocycles. The zero-order chi connectivity index (χ0) is 15.5. The van der Waals surface area contributed by atoms with Gasteiger partial charge in [0.05, 0.1) is 0 Å². The van der Waals surface area contributed by atoms with Crippen LogP contribution >= 0.6 is 12.2 Å².